The first kappa shape index (κ1) is 13.9. The molecular weight excluding hydrogens is 301 g/mol. The highest BCUT2D eigenvalue weighted by atomic mass is 35.5. The number of anilines is 2. The SMILES string of the molecule is S=C(NNc1cccc(Cl)c1)Nc1cccc(Cl)c1. The third-order valence-corrected chi connectivity index (χ3v) is 2.90. The number of halogens is 2. The van der Waals surface area contributed by atoms with E-state index in [0.29, 0.717) is 15.2 Å². The van der Waals surface area contributed by atoms with Crippen molar-refractivity contribution in [1.29, 1.82) is 0 Å². The third kappa shape index (κ3) is 4.59. The van der Waals surface area contributed by atoms with Gasteiger partial charge in [0, 0.05) is 15.7 Å². The summed E-state index contributed by atoms with van der Waals surface area (Å²) in [6.07, 6.45) is 0. The Labute approximate surface area is 126 Å². The van der Waals surface area contributed by atoms with E-state index in [-0.39, 0.29) is 0 Å². The molecule has 0 aliphatic rings. The Kier molecular flexibility index (Phi) is 4.85. The maximum absolute atomic E-state index is 5.88. The van der Waals surface area contributed by atoms with E-state index in [1.54, 1.807) is 24.3 Å². The average Bonchev–Trinajstić information content (AvgIpc) is 2.36. The molecule has 3 N–H and O–H groups in total. The molecule has 0 saturated carbocycles. The van der Waals surface area contributed by atoms with Crippen molar-refractivity contribution >= 4 is 51.9 Å². The van der Waals surface area contributed by atoms with E-state index in [2.05, 4.69) is 16.2 Å². The summed E-state index contributed by atoms with van der Waals surface area (Å²) in [5.74, 6) is 0. The minimum Gasteiger partial charge on any atom is -0.331 e. The van der Waals surface area contributed by atoms with Crippen LogP contribution in [0.3, 0.4) is 0 Å². The molecular formula is C13H11Cl2N3S. The first-order chi connectivity index (χ1) is 9.13. The maximum Gasteiger partial charge on any atom is 0.189 e. The van der Waals surface area contributed by atoms with Crippen LogP contribution in [0.5, 0.6) is 0 Å². The predicted molar refractivity (Wildman–Crippen MR) is 85.9 cm³/mol. The van der Waals surface area contributed by atoms with Gasteiger partial charge in [-0.3, -0.25) is 10.9 Å². The van der Waals surface area contributed by atoms with Gasteiger partial charge in [0.05, 0.1) is 5.69 Å². The third-order valence-electron chi connectivity index (χ3n) is 2.23. The van der Waals surface area contributed by atoms with Gasteiger partial charge in [0.1, 0.15) is 0 Å². The second-order valence-electron chi connectivity index (χ2n) is 3.72. The summed E-state index contributed by atoms with van der Waals surface area (Å²) >= 11 is 16.9. The highest BCUT2D eigenvalue weighted by Crippen LogP contribution is 2.15. The molecule has 3 nitrogen and oxygen atoms in total. The molecule has 0 aliphatic heterocycles. The second-order valence-corrected chi connectivity index (χ2v) is 5.01. The Morgan fingerprint density at radius 3 is 2.11 bits per heavy atom. The summed E-state index contributed by atoms with van der Waals surface area (Å²) in [6, 6.07) is 14.6. The normalized spacial score (nSPS) is 9.79. The van der Waals surface area contributed by atoms with Crippen LogP contribution in [0, 0.1) is 0 Å². The number of thiocarbonyl (C=S) groups is 1. The van der Waals surface area contributed by atoms with E-state index in [9.17, 15) is 0 Å². The number of nitrogens with one attached hydrogen (secondary N) is 3. The van der Waals surface area contributed by atoms with Crippen LogP contribution in [0.2, 0.25) is 10.0 Å². The molecule has 6 heteroatoms. The van der Waals surface area contributed by atoms with E-state index in [1.807, 2.05) is 24.3 Å². The van der Waals surface area contributed by atoms with E-state index in [0.717, 1.165) is 11.4 Å². The molecule has 0 saturated heterocycles. The van der Waals surface area contributed by atoms with Gasteiger partial charge in [-0.15, -0.1) is 0 Å². The van der Waals surface area contributed by atoms with Crippen molar-refractivity contribution in [3.8, 4) is 0 Å². The molecule has 19 heavy (non-hydrogen) atoms. The Hall–Kier alpha value is -1.49. The minimum atomic E-state index is 0.433. The highest BCUT2D eigenvalue weighted by molar-refractivity contribution is 7.80. The van der Waals surface area contributed by atoms with Crippen molar-refractivity contribution in [1.82, 2.24) is 5.43 Å². The summed E-state index contributed by atoms with van der Waals surface area (Å²) in [5, 5.41) is 4.74. The average molecular weight is 312 g/mol. The van der Waals surface area contributed by atoms with Crippen molar-refractivity contribution in [2.45, 2.75) is 0 Å². The standard InChI is InChI=1S/C13H11Cl2N3S/c14-9-3-1-5-11(7-9)16-13(19)18-17-12-6-2-4-10(15)8-12/h1-8,17H,(H2,16,18,19). The monoisotopic (exact) mass is 311 g/mol. The van der Waals surface area contributed by atoms with E-state index >= 15 is 0 Å². The quantitative estimate of drug-likeness (QED) is 0.583. The van der Waals surface area contributed by atoms with Crippen LogP contribution < -0.4 is 16.2 Å². The molecule has 0 radical (unpaired) electrons. The summed E-state index contributed by atoms with van der Waals surface area (Å²) in [6.45, 7) is 0. The van der Waals surface area contributed by atoms with Gasteiger partial charge in [0.25, 0.3) is 0 Å². The number of rotatable bonds is 3. The van der Waals surface area contributed by atoms with Crippen LogP contribution in [0.15, 0.2) is 48.5 Å². The lowest BCUT2D eigenvalue weighted by atomic mass is 10.3. The summed E-state index contributed by atoms with van der Waals surface area (Å²) in [4.78, 5) is 0. The van der Waals surface area contributed by atoms with E-state index in [4.69, 9.17) is 35.4 Å². The number of hydrazine groups is 1. The molecule has 0 aromatic heterocycles. The smallest absolute Gasteiger partial charge is 0.189 e. The predicted octanol–water partition coefficient (Wildman–Crippen LogP) is 4.31. The van der Waals surface area contributed by atoms with Gasteiger partial charge in [-0.2, -0.15) is 0 Å². The fourth-order valence-corrected chi connectivity index (χ4v) is 1.97. The van der Waals surface area contributed by atoms with Crippen LogP contribution in [-0.2, 0) is 0 Å². The second kappa shape index (κ2) is 6.61. The number of hydrogen-bond donors (Lipinski definition) is 3. The molecule has 0 atom stereocenters. The molecule has 0 aliphatic carbocycles. The molecule has 0 heterocycles. The Balaban J connectivity index is 1.88. The lowest BCUT2D eigenvalue weighted by Crippen LogP contribution is -2.33. The van der Waals surface area contributed by atoms with Crippen LogP contribution in [0.4, 0.5) is 11.4 Å². The van der Waals surface area contributed by atoms with Crippen molar-refractivity contribution in [3.05, 3.63) is 58.6 Å². The number of benzene rings is 2. The fourth-order valence-electron chi connectivity index (χ4n) is 1.42. The van der Waals surface area contributed by atoms with Gasteiger partial charge < -0.3 is 5.32 Å². The van der Waals surface area contributed by atoms with Crippen molar-refractivity contribution in [2.24, 2.45) is 0 Å². The summed E-state index contributed by atoms with van der Waals surface area (Å²) < 4.78 is 0. The zero-order chi connectivity index (χ0) is 13.7. The Bertz CT molecular complexity index is 590. The van der Waals surface area contributed by atoms with Crippen LogP contribution >= 0.6 is 35.4 Å². The Morgan fingerprint density at radius 2 is 1.47 bits per heavy atom. The topological polar surface area (TPSA) is 36.1 Å². The lowest BCUT2D eigenvalue weighted by Gasteiger charge is -2.12. The van der Waals surface area contributed by atoms with Gasteiger partial charge in [0.15, 0.2) is 5.11 Å². The molecule has 0 spiro atoms. The van der Waals surface area contributed by atoms with Crippen molar-refractivity contribution in [3.63, 3.8) is 0 Å². The molecule has 0 amide bonds. The fraction of sp³-hybridized carbons (Fsp3) is 0. The van der Waals surface area contributed by atoms with Crippen LogP contribution in [0.1, 0.15) is 0 Å². The van der Waals surface area contributed by atoms with Gasteiger partial charge in [0.2, 0.25) is 0 Å². The molecule has 0 unspecified atom stereocenters. The summed E-state index contributed by atoms with van der Waals surface area (Å²) in [7, 11) is 0. The molecule has 2 rings (SSSR count). The van der Waals surface area contributed by atoms with E-state index in [1.165, 1.54) is 0 Å². The van der Waals surface area contributed by atoms with Gasteiger partial charge in [-0.05, 0) is 48.6 Å². The molecule has 2 aromatic carbocycles. The van der Waals surface area contributed by atoms with Gasteiger partial charge in [-0.1, -0.05) is 35.3 Å². The van der Waals surface area contributed by atoms with Crippen LogP contribution in [0.25, 0.3) is 0 Å². The largest absolute Gasteiger partial charge is 0.331 e. The molecule has 2 aromatic rings. The first-order valence-corrected chi connectivity index (χ1v) is 6.64. The first-order valence-electron chi connectivity index (χ1n) is 5.47. The van der Waals surface area contributed by atoms with E-state index < -0.39 is 0 Å². The zero-order valence-corrected chi connectivity index (χ0v) is 12.1. The van der Waals surface area contributed by atoms with Gasteiger partial charge in [-0.25, -0.2) is 0 Å². The zero-order valence-electron chi connectivity index (χ0n) is 9.78. The van der Waals surface area contributed by atoms with Crippen LogP contribution in [-0.4, -0.2) is 5.11 Å². The molecule has 0 bridgehead atoms. The molecule has 0 fully saturated rings. The van der Waals surface area contributed by atoms with Gasteiger partial charge >= 0.3 is 0 Å². The summed E-state index contributed by atoms with van der Waals surface area (Å²) in [5.41, 5.74) is 7.45. The number of hydrogen-bond acceptors (Lipinski definition) is 2. The highest BCUT2D eigenvalue weighted by Gasteiger charge is 1.98. The Morgan fingerprint density at radius 1 is 0.895 bits per heavy atom. The lowest BCUT2D eigenvalue weighted by molar-refractivity contribution is 1.14. The van der Waals surface area contributed by atoms with Crippen molar-refractivity contribution < 1.29 is 0 Å². The molecule has 98 valence electrons. The maximum atomic E-state index is 5.88. The van der Waals surface area contributed by atoms with Crippen molar-refractivity contribution in [2.75, 3.05) is 10.7 Å². The minimum absolute atomic E-state index is 0.433.